The zero-order valence-corrected chi connectivity index (χ0v) is 13.9. The number of sulfonamides is 1. The normalized spacial score (nSPS) is 14.3. The van der Waals surface area contributed by atoms with Crippen LogP contribution in [-0.4, -0.2) is 20.5 Å². The molecule has 0 atom stereocenters. The molecular formula is C17H20N2O3S. The van der Waals surface area contributed by atoms with Crippen molar-refractivity contribution in [1.29, 1.82) is 0 Å². The maximum absolute atomic E-state index is 12.7. The molecule has 0 spiro atoms. The molecule has 3 rings (SSSR count). The van der Waals surface area contributed by atoms with Crippen LogP contribution in [-0.2, 0) is 29.4 Å². The van der Waals surface area contributed by atoms with Gasteiger partial charge in [-0.1, -0.05) is 0 Å². The third-order valence-corrected chi connectivity index (χ3v) is 5.56. The lowest BCUT2D eigenvalue weighted by Crippen LogP contribution is -2.24. The predicted molar refractivity (Wildman–Crippen MR) is 87.9 cm³/mol. The smallest absolute Gasteiger partial charge is 0.244 e. The molecule has 1 aromatic heterocycles. The third kappa shape index (κ3) is 3.54. The largest absolute Gasteiger partial charge is 0.495 e. The molecule has 0 saturated carbocycles. The van der Waals surface area contributed by atoms with Gasteiger partial charge in [-0.2, -0.15) is 0 Å². The minimum atomic E-state index is -3.63. The van der Waals surface area contributed by atoms with E-state index in [9.17, 15) is 8.42 Å². The van der Waals surface area contributed by atoms with Crippen molar-refractivity contribution in [3.8, 4) is 5.75 Å². The Morgan fingerprint density at radius 2 is 1.78 bits per heavy atom. The molecule has 1 N–H and O–H groups in total. The lowest BCUT2D eigenvalue weighted by Gasteiger charge is -2.19. The van der Waals surface area contributed by atoms with E-state index in [4.69, 9.17) is 4.74 Å². The van der Waals surface area contributed by atoms with Crippen LogP contribution in [0.3, 0.4) is 0 Å². The summed E-state index contributed by atoms with van der Waals surface area (Å²) >= 11 is 0. The van der Waals surface area contributed by atoms with Gasteiger partial charge in [0, 0.05) is 18.9 Å². The number of nitrogens with zero attached hydrogens (tertiary/aromatic N) is 1. The number of methoxy groups -OCH3 is 1. The number of benzene rings is 1. The van der Waals surface area contributed by atoms with Crippen LogP contribution in [0.5, 0.6) is 5.75 Å². The first kappa shape index (κ1) is 16.0. The number of hydrogen-bond donors (Lipinski definition) is 1. The average Bonchev–Trinajstić information content (AvgIpc) is 2.60. The van der Waals surface area contributed by atoms with E-state index in [0.717, 1.165) is 36.8 Å². The Balaban J connectivity index is 1.89. The molecule has 1 aromatic carbocycles. The zero-order valence-electron chi connectivity index (χ0n) is 13.1. The maximum Gasteiger partial charge on any atom is 0.244 e. The standard InChI is InChI=1S/C17H20N2O3S/c1-22-16-10-14-4-2-3-5-15(14)11-17(16)23(20,21)19-12-13-6-8-18-9-7-13/h6-11,19H,2-5,12H2,1H3. The van der Waals surface area contributed by atoms with Gasteiger partial charge in [0.25, 0.3) is 0 Å². The lowest BCUT2D eigenvalue weighted by molar-refractivity contribution is 0.401. The molecule has 0 unspecified atom stereocenters. The fourth-order valence-electron chi connectivity index (χ4n) is 2.87. The van der Waals surface area contributed by atoms with Crippen LogP contribution in [0.2, 0.25) is 0 Å². The first-order valence-corrected chi connectivity index (χ1v) is 9.17. The monoisotopic (exact) mass is 332 g/mol. The number of aromatic nitrogens is 1. The second kappa shape index (κ2) is 6.68. The van der Waals surface area contributed by atoms with Gasteiger partial charge in [0.05, 0.1) is 7.11 Å². The fraction of sp³-hybridized carbons (Fsp3) is 0.353. The van der Waals surface area contributed by atoms with Crippen LogP contribution >= 0.6 is 0 Å². The molecule has 122 valence electrons. The maximum atomic E-state index is 12.7. The van der Waals surface area contributed by atoms with Gasteiger partial charge in [-0.15, -0.1) is 0 Å². The Hall–Kier alpha value is -1.92. The van der Waals surface area contributed by atoms with Crippen LogP contribution < -0.4 is 9.46 Å². The summed E-state index contributed by atoms with van der Waals surface area (Å²) in [5.74, 6) is 0.410. The van der Waals surface area contributed by atoms with Crippen molar-refractivity contribution in [3.05, 3.63) is 53.3 Å². The van der Waals surface area contributed by atoms with Gasteiger partial charge in [-0.25, -0.2) is 13.1 Å². The van der Waals surface area contributed by atoms with Crippen LogP contribution in [0.25, 0.3) is 0 Å². The summed E-state index contributed by atoms with van der Waals surface area (Å²) in [6.45, 7) is 0.227. The highest BCUT2D eigenvalue weighted by molar-refractivity contribution is 7.89. The van der Waals surface area contributed by atoms with E-state index in [2.05, 4.69) is 9.71 Å². The summed E-state index contributed by atoms with van der Waals surface area (Å²) in [6, 6.07) is 7.21. The van der Waals surface area contributed by atoms with E-state index in [1.807, 2.05) is 6.07 Å². The van der Waals surface area contributed by atoms with Crippen LogP contribution in [0.15, 0.2) is 41.6 Å². The van der Waals surface area contributed by atoms with Gasteiger partial charge in [0.15, 0.2) is 0 Å². The van der Waals surface area contributed by atoms with Crippen molar-refractivity contribution in [2.75, 3.05) is 7.11 Å². The van der Waals surface area contributed by atoms with Gasteiger partial charge in [0.2, 0.25) is 10.0 Å². The number of rotatable bonds is 5. The summed E-state index contributed by atoms with van der Waals surface area (Å²) in [7, 11) is -2.12. The fourth-order valence-corrected chi connectivity index (χ4v) is 4.08. The van der Waals surface area contributed by atoms with Crippen LogP contribution in [0, 0.1) is 0 Å². The van der Waals surface area contributed by atoms with Crippen molar-refractivity contribution in [2.45, 2.75) is 37.1 Å². The molecule has 0 aliphatic heterocycles. The zero-order chi connectivity index (χ0) is 16.3. The summed E-state index contributed by atoms with van der Waals surface area (Å²) < 4.78 is 33.3. The number of fused-ring (bicyclic) bond motifs is 1. The molecular weight excluding hydrogens is 312 g/mol. The molecule has 0 saturated heterocycles. The van der Waals surface area contributed by atoms with Gasteiger partial charge >= 0.3 is 0 Å². The minimum Gasteiger partial charge on any atom is -0.495 e. The number of ether oxygens (including phenoxy) is 1. The molecule has 0 radical (unpaired) electrons. The molecule has 1 heterocycles. The van der Waals surface area contributed by atoms with Gasteiger partial charge < -0.3 is 4.74 Å². The third-order valence-electron chi connectivity index (χ3n) is 4.13. The van der Waals surface area contributed by atoms with E-state index < -0.39 is 10.0 Å². The quantitative estimate of drug-likeness (QED) is 0.913. The Labute approximate surface area is 136 Å². The highest BCUT2D eigenvalue weighted by Crippen LogP contribution is 2.31. The molecule has 6 heteroatoms. The van der Waals surface area contributed by atoms with Crippen molar-refractivity contribution < 1.29 is 13.2 Å². The summed E-state index contributed by atoms with van der Waals surface area (Å²) in [4.78, 5) is 4.14. The summed E-state index contributed by atoms with van der Waals surface area (Å²) in [5, 5.41) is 0. The van der Waals surface area contributed by atoms with Crippen molar-refractivity contribution in [2.24, 2.45) is 0 Å². The van der Waals surface area contributed by atoms with Gasteiger partial charge in [-0.05, 0) is 66.6 Å². The predicted octanol–water partition coefficient (Wildman–Crippen LogP) is 2.45. The number of hydrogen-bond acceptors (Lipinski definition) is 4. The van der Waals surface area contributed by atoms with E-state index >= 15 is 0 Å². The number of nitrogens with one attached hydrogen (secondary N) is 1. The van der Waals surface area contributed by atoms with Crippen molar-refractivity contribution in [3.63, 3.8) is 0 Å². The minimum absolute atomic E-state index is 0.217. The van der Waals surface area contributed by atoms with Crippen LogP contribution in [0.4, 0.5) is 0 Å². The molecule has 1 aliphatic rings. The Kier molecular flexibility index (Phi) is 4.63. The summed E-state index contributed by atoms with van der Waals surface area (Å²) in [6.07, 6.45) is 7.43. The molecule has 2 aromatic rings. The van der Waals surface area contributed by atoms with E-state index in [1.165, 1.54) is 12.7 Å². The Morgan fingerprint density at radius 1 is 1.13 bits per heavy atom. The average molecular weight is 332 g/mol. The lowest BCUT2D eigenvalue weighted by atomic mass is 9.92. The first-order valence-electron chi connectivity index (χ1n) is 7.68. The van der Waals surface area contributed by atoms with Gasteiger partial charge in [0.1, 0.15) is 10.6 Å². The summed E-state index contributed by atoms with van der Waals surface area (Å²) in [5.41, 5.74) is 3.17. The van der Waals surface area contributed by atoms with Gasteiger partial charge in [-0.3, -0.25) is 4.98 Å². The van der Waals surface area contributed by atoms with E-state index in [1.54, 1.807) is 30.6 Å². The Morgan fingerprint density at radius 3 is 2.43 bits per heavy atom. The molecule has 1 aliphatic carbocycles. The molecule has 23 heavy (non-hydrogen) atoms. The molecule has 0 amide bonds. The molecule has 5 nitrogen and oxygen atoms in total. The topological polar surface area (TPSA) is 68.3 Å². The SMILES string of the molecule is COc1cc2c(cc1S(=O)(=O)NCc1ccncc1)CCCC2. The van der Waals surface area contributed by atoms with E-state index in [0.29, 0.717) is 5.75 Å². The van der Waals surface area contributed by atoms with E-state index in [-0.39, 0.29) is 11.4 Å². The van der Waals surface area contributed by atoms with Crippen molar-refractivity contribution in [1.82, 2.24) is 9.71 Å². The number of pyridine rings is 1. The highest BCUT2D eigenvalue weighted by Gasteiger charge is 2.23. The highest BCUT2D eigenvalue weighted by atomic mass is 32.2. The van der Waals surface area contributed by atoms with Crippen LogP contribution in [0.1, 0.15) is 29.5 Å². The number of aryl methyl sites for hydroxylation is 2. The second-order valence-electron chi connectivity index (χ2n) is 5.66. The van der Waals surface area contributed by atoms with Crippen molar-refractivity contribution >= 4 is 10.0 Å². The molecule has 0 bridgehead atoms. The second-order valence-corrected chi connectivity index (χ2v) is 7.39. The first-order chi connectivity index (χ1) is 11.1. The Bertz CT molecular complexity index is 789. The molecule has 0 fully saturated rings.